The monoisotopic (exact) mass is 226 g/mol. The van der Waals surface area contributed by atoms with Crippen LogP contribution in [0.5, 0.6) is 0 Å². The Hall–Kier alpha value is -0.770. The minimum atomic E-state index is 0.219. The van der Waals surface area contributed by atoms with Crippen LogP contribution in [0.2, 0.25) is 0 Å². The first-order valence-electron chi connectivity index (χ1n) is 6.39. The van der Waals surface area contributed by atoms with Crippen molar-refractivity contribution in [3.05, 3.63) is 0 Å². The third-order valence-electron chi connectivity index (χ3n) is 3.42. The van der Waals surface area contributed by atoms with Gasteiger partial charge in [-0.05, 0) is 25.2 Å². The molecule has 0 aromatic rings. The summed E-state index contributed by atoms with van der Waals surface area (Å²) in [6.07, 6.45) is 3.37. The van der Waals surface area contributed by atoms with Crippen molar-refractivity contribution in [3.8, 4) is 0 Å². The van der Waals surface area contributed by atoms with Crippen molar-refractivity contribution in [2.24, 2.45) is 5.92 Å². The van der Waals surface area contributed by atoms with E-state index in [0.29, 0.717) is 12.5 Å². The first kappa shape index (κ1) is 11.7. The van der Waals surface area contributed by atoms with Crippen LogP contribution in [0, 0.1) is 5.92 Å². The van der Waals surface area contributed by atoms with E-state index in [1.54, 1.807) is 0 Å². The summed E-state index contributed by atoms with van der Waals surface area (Å²) in [6, 6.07) is 0.219. The molecule has 2 amide bonds. The number of hydrogen-bond donors (Lipinski definition) is 0. The molecule has 2 rings (SSSR count). The maximum absolute atomic E-state index is 12.2. The highest BCUT2D eigenvalue weighted by Gasteiger charge is 2.25. The van der Waals surface area contributed by atoms with Crippen LogP contribution in [0.15, 0.2) is 0 Å². The Kier molecular flexibility index (Phi) is 4.04. The fraction of sp³-hybridized carbons (Fsp3) is 0.917. The van der Waals surface area contributed by atoms with E-state index in [-0.39, 0.29) is 6.03 Å². The maximum Gasteiger partial charge on any atom is 0.320 e. The molecule has 4 heteroatoms. The van der Waals surface area contributed by atoms with Gasteiger partial charge in [0, 0.05) is 32.8 Å². The number of nitrogens with zero attached hydrogens (tertiary/aromatic N) is 2. The van der Waals surface area contributed by atoms with Gasteiger partial charge in [-0.1, -0.05) is 6.92 Å². The lowest BCUT2D eigenvalue weighted by Crippen LogP contribution is -2.47. The Morgan fingerprint density at radius 1 is 1.12 bits per heavy atom. The summed E-state index contributed by atoms with van der Waals surface area (Å²) in [7, 11) is 0. The fourth-order valence-electron chi connectivity index (χ4n) is 2.50. The summed E-state index contributed by atoms with van der Waals surface area (Å²) >= 11 is 0. The predicted molar refractivity (Wildman–Crippen MR) is 62.4 cm³/mol. The number of urea groups is 1. The zero-order valence-electron chi connectivity index (χ0n) is 10.2. The van der Waals surface area contributed by atoms with E-state index in [0.717, 1.165) is 45.6 Å². The standard InChI is InChI=1S/C12H22N2O2/c1-11-4-2-5-14(10-11)12(15)13-6-3-8-16-9-7-13/h11H,2-10H2,1H3. The molecule has 0 aliphatic carbocycles. The first-order chi connectivity index (χ1) is 7.77. The molecular weight excluding hydrogens is 204 g/mol. The number of likely N-dealkylation sites (tertiary alicyclic amines) is 1. The Morgan fingerprint density at radius 3 is 2.75 bits per heavy atom. The number of hydrogen-bond acceptors (Lipinski definition) is 2. The Labute approximate surface area is 97.5 Å². The van der Waals surface area contributed by atoms with Crippen LogP contribution in [-0.4, -0.2) is 55.2 Å². The van der Waals surface area contributed by atoms with Crippen LogP contribution in [0.3, 0.4) is 0 Å². The first-order valence-corrected chi connectivity index (χ1v) is 6.39. The Morgan fingerprint density at radius 2 is 1.94 bits per heavy atom. The summed E-state index contributed by atoms with van der Waals surface area (Å²) in [5.74, 6) is 0.654. The summed E-state index contributed by atoms with van der Waals surface area (Å²) in [4.78, 5) is 16.2. The van der Waals surface area contributed by atoms with Gasteiger partial charge in [-0.25, -0.2) is 4.79 Å². The third kappa shape index (κ3) is 2.88. The molecule has 2 fully saturated rings. The van der Waals surface area contributed by atoms with Crippen LogP contribution < -0.4 is 0 Å². The second kappa shape index (κ2) is 5.53. The molecule has 1 atom stereocenters. The minimum Gasteiger partial charge on any atom is -0.380 e. The molecule has 2 aliphatic heterocycles. The van der Waals surface area contributed by atoms with E-state index in [9.17, 15) is 4.79 Å². The Balaban J connectivity index is 1.89. The predicted octanol–water partition coefficient (Wildman–Crippen LogP) is 1.56. The van der Waals surface area contributed by atoms with Gasteiger partial charge in [0.15, 0.2) is 0 Å². The van der Waals surface area contributed by atoms with E-state index in [1.807, 2.05) is 9.80 Å². The number of piperidine rings is 1. The molecule has 2 heterocycles. The van der Waals surface area contributed by atoms with Crippen molar-refractivity contribution >= 4 is 6.03 Å². The van der Waals surface area contributed by atoms with E-state index in [2.05, 4.69) is 6.92 Å². The second-order valence-corrected chi connectivity index (χ2v) is 4.93. The van der Waals surface area contributed by atoms with Crippen LogP contribution in [0.4, 0.5) is 4.79 Å². The van der Waals surface area contributed by atoms with Crippen molar-refractivity contribution in [1.82, 2.24) is 9.80 Å². The summed E-state index contributed by atoms with van der Waals surface area (Å²) in [6.45, 7) is 7.17. The van der Waals surface area contributed by atoms with E-state index < -0.39 is 0 Å². The normalized spacial score (nSPS) is 27.7. The van der Waals surface area contributed by atoms with Crippen molar-refractivity contribution < 1.29 is 9.53 Å². The molecule has 92 valence electrons. The third-order valence-corrected chi connectivity index (χ3v) is 3.42. The highest BCUT2D eigenvalue weighted by Crippen LogP contribution is 2.17. The molecule has 2 saturated heterocycles. The lowest BCUT2D eigenvalue weighted by Gasteiger charge is -2.34. The molecule has 0 bridgehead atoms. The molecule has 2 aliphatic rings. The molecule has 0 radical (unpaired) electrons. The van der Waals surface area contributed by atoms with Gasteiger partial charge < -0.3 is 14.5 Å². The van der Waals surface area contributed by atoms with Gasteiger partial charge in [0.25, 0.3) is 0 Å². The van der Waals surface area contributed by atoms with Crippen LogP contribution in [0.25, 0.3) is 0 Å². The SMILES string of the molecule is CC1CCCN(C(=O)N2CCCOCC2)C1. The van der Waals surface area contributed by atoms with Gasteiger partial charge in [0.2, 0.25) is 0 Å². The number of rotatable bonds is 0. The second-order valence-electron chi connectivity index (χ2n) is 4.93. The quantitative estimate of drug-likeness (QED) is 0.628. The van der Waals surface area contributed by atoms with E-state index in [4.69, 9.17) is 4.74 Å². The zero-order valence-corrected chi connectivity index (χ0v) is 10.2. The summed E-state index contributed by atoms with van der Waals surface area (Å²) in [5.41, 5.74) is 0. The number of carbonyl (C=O) groups excluding carboxylic acids is 1. The largest absolute Gasteiger partial charge is 0.380 e. The molecular formula is C12H22N2O2. The zero-order chi connectivity index (χ0) is 11.4. The van der Waals surface area contributed by atoms with Crippen LogP contribution in [-0.2, 0) is 4.74 Å². The van der Waals surface area contributed by atoms with Crippen molar-refractivity contribution in [3.63, 3.8) is 0 Å². The van der Waals surface area contributed by atoms with E-state index >= 15 is 0 Å². The minimum absolute atomic E-state index is 0.219. The summed E-state index contributed by atoms with van der Waals surface area (Å²) in [5, 5.41) is 0. The summed E-state index contributed by atoms with van der Waals surface area (Å²) < 4.78 is 5.37. The lowest BCUT2D eigenvalue weighted by molar-refractivity contribution is 0.120. The molecule has 16 heavy (non-hydrogen) atoms. The molecule has 0 N–H and O–H groups in total. The van der Waals surface area contributed by atoms with E-state index in [1.165, 1.54) is 6.42 Å². The molecule has 0 aromatic heterocycles. The molecule has 0 aromatic carbocycles. The molecule has 4 nitrogen and oxygen atoms in total. The van der Waals surface area contributed by atoms with Gasteiger partial charge in [-0.3, -0.25) is 0 Å². The van der Waals surface area contributed by atoms with Gasteiger partial charge in [-0.2, -0.15) is 0 Å². The van der Waals surface area contributed by atoms with Gasteiger partial charge in [0.1, 0.15) is 0 Å². The average molecular weight is 226 g/mol. The molecule has 0 saturated carbocycles. The van der Waals surface area contributed by atoms with Crippen LogP contribution in [0.1, 0.15) is 26.2 Å². The number of carbonyl (C=O) groups is 1. The topological polar surface area (TPSA) is 32.8 Å². The maximum atomic E-state index is 12.2. The lowest BCUT2D eigenvalue weighted by atomic mass is 10.0. The number of ether oxygens (including phenoxy) is 1. The molecule has 0 spiro atoms. The Bertz CT molecular complexity index is 233. The van der Waals surface area contributed by atoms with Gasteiger partial charge in [-0.15, -0.1) is 0 Å². The van der Waals surface area contributed by atoms with Gasteiger partial charge >= 0.3 is 6.03 Å². The smallest absolute Gasteiger partial charge is 0.320 e. The average Bonchev–Trinajstić information content (AvgIpc) is 2.56. The fourth-order valence-corrected chi connectivity index (χ4v) is 2.50. The van der Waals surface area contributed by atoms with Crippen LogP contribution >= 0.6 is 0 Å². The van der Waals surface area contributed by atoms with Crippen molar-refractivity contribution in [2.75, 3.05) is 39.4 Å². The molecule has 1 unspecified atom stereocenters. The highest BCUT2D eigenvalue weighted by molar-refractivity contribution is 5.74. The van der Waals surface area contributed by atoms with Crippen molar-refractivity contribution in [1.29, 1.82) is 0 Å². The highest BCUT2D eigenvalue weighted by atomic mass is 16.5. The number of amides is 2. The van der Waals surface area contributed by atoms with Gasteiger partial charge in [0.05, 0.1) is 6.61 Å². The van der Waals surface area contributed by atoms with Crippen molar-refractivity contribution in [2.45, 2.75) is 26.2 Å².